The molecule has 0 aliphatic rings. The van der Waals surface area contributed by atoms with Gasteiger partial charge in [0.2, 0.25) is 5.91 Å². The number of aliphatic carboxylic acids is 1. The standard InChI is InChI=1S/C10H20N2O3/c1-4-12-8(13)5-6-11-7-10(2,3)9(14)15/h11H,4-7H2,1-3H3,(H,12,13)(H,14,15). The van der Waals surface area contributed by atoms with E-state index in [4.69, 9.17) is 5.11 Å². The van der Waals surface area contributed by atoms with Gasteiger partial charge in [0.15, 0.2) is 0 Å². The molecule has 3 N–H and O–H groups in total. The molecule has 0 atom stereocenters. The van der Waals surface area contributed by atoms with Crippen molar-refractivity contribution < 1.29 is 14.7 Å². The van der Waals surface area contributed by atoms with E-state index in [9.17, 15) is 9.59 Å². The van der Waals surface area contributed by atoms with Crippen molar-refractivity contribution in [2.24, 2.45) is 5.41 Å². The van der Waals surface area contributed by atoms with Crippen LogP contribution < -0.4 is 10.6 Å². The fourth-order valence-electron chi connectivity index (χ4n) is 0.964. The van der Waals surface area contributed by atoms with Gasteiger partial charge in [-0.1, -0.05) is 0 Å². The summed E-state index contributed by atoms with van der Waals surface area (Å²) in [5, 5.41) is 14.4. The normalized spacial score (nSPS) is 11.1. The predicted molar refractivity (Wildman–Crippen MR) is 57.6 cm³/mol. The highest BCUT2D eigenvalue weighted by Crippen LogP contribution is 2.12. The van der Waals surface area contributed by atoms with E-state index in [2.05, 4.69) is 10.6 Å². The molecule has 0 unspecified atom stereocenters. The largest absolute Gasteiger partial charge is 0.481 e. The van der Waals surface area contributed by atoms with Crippen LogP contribution in [0, 0.1) is 5.41 Å². The van der Waals surface area contributed by atoms with Crippen LogP contribution in [0.25, 0.3) is 0 Å². The molecule has 15 heavy (non-hydrogen) atoms. The molecule has 5 nitrogen and oxygen atoms in total. The van der Waals surface area contributed by atoms with Crippen molar-refractivity contribution in [3.8, 4) is 0 Å². The van der Waals surface area contributed by atoms with Crippen LogP contribution in [0.5, 0.6) is 0 Å². The van der Waals surface area contributed by atoms with Crippen molar-refractivity contribution >= 4 is 11.9 Å². The first kappa shape index (κ1) is 13.9. The molecule has 0 aromatic rings. The fraction of sp³-hybridized carbons (Fsp3) is 0.800. The molecule has 1 amide bonds. The highest BCUT2D eigenvalue weighted by Gasteiger charge is 2.26. The average molecular weight is 216 g/mol. The van der Waals surface area contributed by atoms with E-state index in [1.165, 1.54) is 0 Å². The molecule has 0 spiro atoms. The summed E-state index contributed by atoms with van der Waals surface area (Å²) in [6.07, 6.45) is 0.379. The minimum absolute atomic E-state index is 0.0156. The maximum Gasteiger partial charge on any atom is 0.310 e. The molecule has 0 heterocycles. The van der Waals surface area contributed by atoms with Gasteiger partial charge in [0.05, 0.1) is 5.41 Å². The predicted octanol–water partition coefficient (Wildman–Crippen LogP) is 0.213. The topological polar surface area (TPSA) is 78.4 Å². The second-order valence-electron chi connectivity index (χ2n) is 4.07. The van der Waals surface area contributed by atoms with E-state index in [0.717, 1.165) is 0 Å². The fourth-order valence-corrected chi connectivity index (χ4v) is 0.964. The first-order valence-electron chi connectivity index (χ1n) is 5.11. The van der Waals surface area contributed by atoms with Gasteiger partial charge in [-0.15, -0.1) is 0 Å². The Labute approximate surface area is 90.2 Å². The molecule has 0 saturated heterocycles. The van der Waals surface area contributed by atoms with E-state index >= 15 is 0 Å². The first-order valence-corrected chi connectivity index (χ1v) is 5.11. The monoisotopic (exact) mass is 216 g/mol. The van der Waals surface area contributed by atoms with Gasteiger partial charge in [0.25, 0.3) is 0 Å². The number of nitrogens with one attached hydrogen (secondary N) is 2. The van der Waals surface area contributed by atoms with Crippen molar-refractivity contribution in [1.82, 2.24) is 10.6 Å². The second kappa shape index (κ2) is 6.40. The van der Waals surface area contributed by atoms with Crippen molar-refractivity contribution in [3.05, 3.63) is 0 Å². The molecule has 0 radical (unpaired) electrons. The molecule has 88 valence electrons. The van der Waals surface area contributed by atoms with Crippen LogP contribution in [0.15, 0.2) is 0 Å². The van der Waals surface area contributed by atoms with Gasteiger partial charge < -0.3 is 15.7 Å². The summed E-state index contributed by atoms with van der Waals surface area (Å²) < 4.78 is 0. The molecule has 0 aromatic carbocycles. The van der Waals surface area contributed by atoms with Crippen molar-refractivity contribution in [1.29, 1.82) is 0 Å². The lowest BCUT2D eigenvalue weighted by Crippen LogP contribution is -2.37. The van der Waals surface area contributed by atoms with Crippen molar-refractivity contribution in [2.45, 2.75) is 27.2 Å². The lowest BCUT2D eigenvalue weighted by atomic mass is 9.94. The van der Waals surface area contributed by atoms with E-state index in [-0.39, 0.29) is 5.91 Å². The summed E-state index contributed by atoms with van der Waals surface area (Å²) in [4.78, 5) is 21.8. The van der Waals surface area contributed by atoms with Gasteiger partial charge in [0.1, 0.15) is 0 Å². The molecule has 0 rings (SSSR count). The third-order valence-electron chi connectivity index (χ3n) is 2.05. The number of carbonyl (C=O) groups excluding carboxylic acids is 1. The number of hydrogen-bond donors (Lipinski definition) is 3. The highest BCUT2D eigenvalue weighted by molar-refractivity contribution is 5.76. The Kier molecular flexibility index (Phi) is 5.93. The smallest absolute Gasteiger partial charge is 0.310 e. The van der Waals surface area contributed by atoms with Gasteiger partial charge in [0, 0.05) is 26.1 Å². The number of carboxylic acid groups (broad SMARTS) is 1. The zero-order valence-electron chi connectivity index (χ0n) is 9.59. The molecule has 0 aromatic heterocycles. The zero-order valence-corrected chi connectivity index (χ0v) is 9.59. The first-order chi connectivity index (χ1) is 6.90. The molecule has 5 heteroatoms. The minimum atomic E-state index is -0.840. The Morgan fingerprint density at radius 2 is 1.93 bits per heavy atom. The van der Waals surface area contributed by atoms with Gasteiger partial charge >= 0.3 is 5.97 Å². The van der Waals surface area contributed by atoms with Gasteiger partial charge in [-0.05, 0) is 20.8 Å². The molecule has 0 saturated carbocycles. The summed E-state index contributed by atoms with van der Waals surface area (Å²) in [5.74, 6) is -0.855. The maximum atomic E-state index is 11.0. The van der Waals surface area contributed by atoms with Crippen LogP contribution in [0.4, 0.5) is 0 Å². The van der Waals surface area contributed by atoms with Crippen molar-refractivity contribution in [2.75, 3.05) is 19.6 Å². The van der Waals surface area contributed by atoms with Gasteiger partial charge in [-0.2, -0.15) is 0 Å². The van der Waals surface area contributed by atoms with E-state index in [1.54, 1.807) is 13.8 Å². The lowest BCUT2D eigenvalue weighted by Gasteiger charge is -2.19. The number of carboxylic acids is 1. The average Bonchev–Trinajstić information content (AvgIpc) is 2.13. The maximum absolute atomic E-state index is 11.0. The van der Waals surface area contributed by atoms with Gasteiger partial charge in [-0.3, -0.25) is 9.59 Å². The summed E-state index contributed by atoms with van der Waals surface area (Å²) in [6.45, 7) is 6.64. The number of amides is 1. The number of carbonyl (C=O) groups is 2. The minimum Gasteiger partial charge on any atom is -0.481 e. The van der Waals surface area contributed by atoms with Crippen molar-refractivity contribution in [3.63, 3.8) is 0 Å². The third-order valence-corrected chi connectivity index (χ3v) is 2.05. The summed E-state index contributed by atoms with van der Waals surface area (Å²) in [7, 11) is 0. The van der Waals surface area contributed by atoms with E-state index in [0.29, 0.717) is 26.1 Å². The van der Waals surface area contributed by atoms with Crippen LogP contribution in [-0.2, 0) is 9.59 Å². The number of hydrogen-bond acceptors (Lipinski definition) is 3. The Bertz CT molecular complexity index is 227. The van der Waals surface area contributed by atoms with Gasteiger partial charge in [-0.25, -0.2) is 0 Å². The Hall–Kier alpha value is -1.10. The Balaban J connectivity index is 3.63. The summed E-state index contributed by atoms with van der Waals surface area (Å²) >= 11 is 0. The van der Waals surface area contributed by atoms with Crippen LogP contribution in [-0.4, -0.2) is 36.6 Å². The summed E-state index contributed by atoms with van der Waals surface area (Å²) in [5.41, 5.74) is -0.790. The Morgan fingerprint density at radius 3 is 2.40 bits per heavy atom. The molecular formula is C10H20N2O3. The van der Waals surface area contributed by atoms with Crippen LogP contribution in [0.2, 0.25) is 0 Å². The third kappa shape index (κ3) is 6.06. The Morgan fingerprint density at radius 1 is 1.33 bits per heavy atom. The van der Waals surface area contributed by atoms with E-state index < -0.39 is 11.4 Å². The molecule has 0 fully saturated rings. The lowest BCUT2D eigenvalue weighted by molar-refractivity contribution is -0.146. The van der Waals surface area contributed by atoms with E-state index in [1.807, 2.05) is 6.92 Å². The van der Waals surface area contributed by atoms with Crippen LogP contribution in [0.3, 0.4) is 0 Å². The van der Waals surface area contributed by atoms with Crippen LogP contribution in [0.1, 0.15) is 27.2 Å². The quantitative estimate of drug-likeness (QED) is 0.532. The summed E-state index contributed by atoms with van der Waals surface area (Å²) in [6, 6.07) is 0. The van der Waals surface area contributed by atoms with Crippen LogP contribution >= 0.6 is 0 Å². The molecule has 0 aliphatic heterocycles. The highest BCUT2D eigenvalue weighted by atomic mass is 16.4. The molecular weight excluding hydrogens is 196 g/mol. The second-order valence-corrected chi connectivity index (χ2v) is 4.07. The molecule has 0 aliphatic carbocycles. The molecule has 0 bridgehead atoms. The zero-order chi connectivity index (χ0) is 11.9. The number of rotatable bonds is 7. The SMILES string of the molecule is CCNC(=O)CCNCC(C)(C)C(=O)O.